The molecule has 0 aliphatic rings. The number of nitrogen functional groups attached to an aromatic ring is 1. The Bertz CT molecular complexity index is 879. The Morgan fingerprint density at radius 1 is 1.20 bits per heavy atom. The van der Waals surface area contributed by atoms with E-state index in [1.807, 2.05) is 25.1 Å². The summed E-state index contributed by atoms with van der Waals surface area (Å²) in [5, 5.41) is 2.16. The Balaban J connectivity index is 2.72. The van der Waals surface area contributed by atoms with Gasteiger partial charge in [-0.2, -0.15) is 0 Å². The lowest BCUT2D eigenvalue weighted by atomic mass is 9.93. The lowest BCUT2D eigenvalue weighted by Crippen LogP contribution is -2.10. The van der Waals surface area contributed by atoms with Gasteiger partial charge in [-0.25, -0.2) is 9.78 Å². The van der Waals surface area contributed by atoms with Gasteiger partial charge in [0.1, 0.15) is 16.8 Å². The average Bonchev–Trinajstić information content (AvgIpc) is 2.37. The lowest BCUT2D eigenvalue weighted by molar-refractivity contribution is 0.569. The monoisotopic (exact) mass is 268 g/mol. The average molecular weight is 268 g/mol. The summed E-state index contributed by atoms with van der Waals surface area (Å²) in [6.07, 6.45) is 0. The summed E-state index contributed by atoms with van der Waals surface area (Å²) in [5.41, 5.74) is 8.02. The number of aromatic nitrogens is 1. The molecular formula is C16H16N2O2. The second-order valence-electron chi connectivity index (χ2n) is 5.29. The van der Waals surface area contributed by atoms with Crippen LogP contribution in [0.4, 0.5) is 5.82 Å². The number of anilines is 1. The van der Waals surface area contributed by atoms with Crippen LogP contribution in [0.2, 0.25) is 0 Å². The topological polar surface area (TPSA) is 69.1 Å². The van der Waals surface area contributed by atoms with Crippen molar-refractivity contribution in [3.63, 3.8) is 0 Å². The van der Waals surface area contributed by atoms with Gasteiger partial charge >= 0.3 is 5.63 Å². The molecule has 2 aromatic heterocycles. The first kappa shape index (κ1) is 12.7. The van der Waals surface area contributed by atoms with E-state index in [0.717, 1.165) is 22.0 Å². The van der Waals surface area contributed by atoms with E-state index in [0.29, 0.717) is 11.0 Å². The molecule has 0 saturated heterocycles. The molecule has 0 saturated carbocycles. The maximum absolute atomic E-state index is 12.2. The second kappa shape index (κ2) is 4.34. The SMILES string of the molecule is Cc1nc(N)c2c(=O)oc3ccccc3c2c1C(C)C. The van der Waals surface area contributed by atoms with Gasteiger partial charge in [0.25, 0.3) is 0 Å². The van der Waals surface area contributed by atoms with Crippen molar-refractivity contribution >= 4 is 27.6 Å². The van der Waals surface area contributed by atoms with Crippen LogP contribution in [0, 0.1) is 6.92 Å². The molecule has 0 atom stereocenters. The number of pyridine rings is 1. The Kier molecular flexibility index (Phi) is 2.74. The highest BCUT2D eigenvalue weighted by Crippen LogP contribution is 2.33. The van der Waals surface area contributed by atoms with E-state index in [2.05, 4.69) is 18.8 Å². The van der Waals surface area contributed by atoms with Crippen molar-refractivity contribution in [2.45, 2.75) is 26.7 Å². The van der Waals surface area contributed by atoms with Gasteiger partial charge in [0.15, 0.2) is 0 Å². The summed E-state index contributed by atoms with van der Waals surface area (Å²) in [4.78, 5) is 16.5. The fourth-order valence-corrected chi connectivity index (χ4v) is 2.85. The van der Waals surface area contributed by atoms with E-state index in [4.69, 9.17) is 10.2 Å². The van der Waals surface area contributed by atoms with E-state index >= 15 is 0 Å². The predicted octanol–water partition coefficient (Wildman–Crippen LogP) is 3.36. The molecule has 20 heavy (non-hydrogen) atoms. The van der Waals surface area contributed by atoms with Crippen molar-refractivity contribution < 1.29 is 4.42 Å². The zero-order valence-corrected chi connectivity index (χ0v) is 11.7. The highest BCUT2D eigenvalue weighted by atomic mass is 16.4. The molecule has 0 amide bonds. The third kappa shape index (κ3) is 1.68. The number of benzene rings is 1. The molecule has 3 rings (SSSR count). The number of hydrogen-bond acceptors (Lipinski definition) is 4. The number of rotatable bonds is 1. The summed E-state index contributed by atoms with van der Waals surface area (Å²) >= 11 is 0. The second-order valence-corrected chi connectivity index (χ2v) is 5.29. The standard InChI is InChI=1S/C16H16N2O2/c1-8(2)12-9(3)18-15(17)14-13(12)10-6-4-5-7-11(10)20-16(14)19/h4-8H,1-3H3,(H2,17,18). The molecule has 4 nitrogen and oxygen atoms in total. The molecule has 4 heteroatoms. The number of aryl methyl sites for hydroxylation is 1. The van der Waals surface area contributed by atoms with E-state index in [1.165, 1.54) is 0 Å². The fourth-order valence-electron chi connectivity index (χ4n) is 2.85. The minimum Gasteiger partial charge on any atom is -0.422 e. The summed E-state index contributed by atoms with van der Waals surface area (Å²) in [7, 11) is 0. The maximum atomic E-state index is 12.2. The summed E-state index contributed by atoms with van der Waals surface area (Å²) in [5.74, 6) is 0.484. The van der Waals surface area contributed by atoms with Crippen LogP contribution >= 0.6 is 0 Å². The van der Waals surface area contributed by atoms with Crippen LogP contribution < -0.4 is 11.4 Å². The molecule has 1 aromatic carbocycles. The maximum Gasteiger partial charge on any atom is 0.347 e. The highest BCUT2D eigenvalue weighted by molar-refractivity contribution is 6.09. The van der Waals surface area contributed by atoms with Gasteiger partial charge in [-0.15, -0.1) is 0 Å². The predicted molar refractivity (Wildman–Crippen MR) is 81.0 cm³/mol. The van der Waals surface area contributed by atoms with E-state index in [9.17, 15) is 4.79 Å². The third-order valence-electron chi connectivity index (χ3n) is 3.59. The zero-order chi connectivity index (χ0) is 14.4. The first-order chi connectivity index (χ1) is 9.50. The van der Waals surface area contributed by atoms with Crippen molar-refractivity contribution in [1.82, 2.24) is 4.98 Å². The number of hydrogen-bond donors (Lipinski definition) is 1. The van der Waals surface area contributed by atoms with E-state index < -0.39 is 5.63 Å². The molecule has 0 radical (unpaired) electrons. The van der Waals surface area contributed by atoms with Gasteiger partial charge in [-0.1, -0.05) is 32.0 Å². The van der Waals surface area contributed by atoms with Crippen molar-refractivity contribution in [3.8, 4) is 0 Å². The van der Waals surface area contributed by atoms with E-state index in [-0.39, 0.29) is 11.7 Å². The van der Waals surface area contributed by atoms with Gasteiger partial charge in [0.2, 0.25) is 0 Å². The first-order valence-electron chi connectivity index (χ1n) is 6.62. The molecule has 2 heterocycles. The highest BCUT2D eigenvalue weighted by Gasteiger charge is 2.18. The van der Waals surface area contributed by atoms with Gasteiger partial charge in [0, 0.05) is 16.5 Å². The van der Waals surface area contributed by atoms with Crippen LogP contribution in [0.25, 0.3) is 21.7 Å². The van der Waals surface area contributed by atoms with Crippen LogP contribution in [-0.2, 0) is 0 Å². The zero-order valence-electron chi connectivity index (χ0n) is 11.7. The summed E-state index contributed by atoms with van der Waals surface area (Å²) in [6.45, 7) is 6.10. The smallest absolute Gasteiger partial charge is 0.347 e. The molecule has 102 valence electrons. The molecule has 0 aliphatic heterocycles. The molecule has 0 unspecified atom stereocenters. The molecular weight excluding hydrogens is 252 g/mol. The van der Waals surface area contributed by atoms with Crippen molar-refractivity contribution in [3.05, 3.63) is 45.9 Å². The number of para-hydroxylation sites is 1. The van der Waals surface area contributed by atoms with Crippen LogP contribution in [-0.4, -0.2) is 4.98 Å². The lowest BCUT2D eigenvalue weighted by Gasteiger charge is -2.15. The minimum atomic E-state index is -0.425. The third-order valence-corrected chi connectivity index (χ3v) is 3.59. The Morgan fingerprint density at radius 2 is 1.90 bits per heavy atom. The molecule has 3 aromatic rings. The number of fused-ring (bicyclic) bond motifs is 3. The largest absolute Gasteiger partial charge is 0.422 e. The fraction of sp³-hybridized carbons (Fsp3) is 0.250. The Morgan fingerprint density at radius 3 is 2.60 bits per heavy atom. The van der Waals surface area contributed by atoms with Crippen LogP contribution in [0.1, 0.15) is 31.0 Å². The summed E-state index contributed by atoms with van der Waals surface area (Å²) < 4.78 is 5.35. The molecule has 0 spiro atoms. The van der Waals surface area contributed by atoms with Gasteiger partial charge in [-0.05, 0) is 24.5 Å². The quantitative estimate of drug-likeness (QED) is 0.542. The van der Waals surface area contributed by atoms with Gasteiger partial charge in [0.05, 0.1) is 0 Å². The normalized spacial score (nSPS) is 11.6. The molecule has 0 bridgehead atoms. The van der Waals surface area contributed by atoms with Crippen molar-refractivity contribution in [2.24, 2.45) is 0 Å². The van der Waals surface area contributed by atoms with Gasteiger partial charge in [-0.3, -0.25) is 0 Å². The molecule has 0 fully saturated rings. The van der Waals surface area contributed by atoms with Crippen LogP contribution in [0.5, 0.6) is 0 Å². The Hall–Kier alpha value is -2.36. The summed E-state index contributed by atoms with van der Waals surface area (Å²) in [6, 6.07) is 7.53. The van der Waals surface area contributed by atoms with Crippen molar-refractivity contribution in [1.29, 1.82) is 0 Å². The molecule has 2 N–H and O–H groups in total. The van der Waals surface area contributed by atoms with E-state index in [1.54, 1.807) is 6.07 Å². The number of nitrogens with zero attached hydrogens (tertiary/aromatic N) is 1. The molecule has 0 aliphatic carbocycles. The Labute approximate surface area is 116 Å². The van der Waals surface area contributed by atoms with Crippen LogP contribution in [0.15, 0.2) is 33.5 Å². The van der Waals surface area contributed by atoms with Gasteiger partial charge < -0.3 is 10.2 Å². The minimum absolute atomic E-state index is 0.237. The number of nitrogens with two attached hydrogens (primary N) is 1. The first-order valence-corrected chi connectivity index (χ1v) is 6.62. The van der Waals surface area contributed by atoms with Crippen molar-refractivity contribution in [2.75, 3.05) is 5.73 Å². The van der Waals surface area contributed by atoms with Crippen LogP contribution in [0.3, 0.4) is 0 Å².